The Balaban J connectivity index is 0.000000490. The summed E-state index contributed by atoms with van der Waals surface area (Å²) in [5.74, 6) is 5.44. The van der Waals surface area contributed by atoms with E-state index < -0.39 is 0 Å². The first-order chi connectivity index (χ1) is 3.30. The third-order valence-electron chi connectivity index (χ3n) is 1.14. The molecule has 0 aliphatic carbocycles. The van der Waals surface area contributed by atoms with E-state index in [0.29, 0.717) is 0 Å². The Hall–Kier alpha value is 0.494. The number of hydrogen-bond donors (Lipinski definition) is 0. The minimum atomic E-state index is 0. The molecular formula is C6H8PTi-. The summed E-state index contributed by atoms with van der Waals surface area (Å²) < 4.78 is 0. The summed E-state index contributed by atoms with van der Waals surface area (Å²) in [6.07, 6.45) is 0. The SMILES string of the molecule is Cc1[c-][pH]cc1C.[Ti]. The molecule has 0 saturated heterocycles. The van der Waals surface area contributed by atoms with Gasteiger partial charge in [-0.3, -0.25) is 8.19 Å². The van der Waals surface area contributed by atoms with E-state index in [2.05, 4.69) is 25.4 Å². The van der Waals surface area contributed by atoms with E-state index in [1.54, 1.807) is 0 Å². The molecule has 0 nitrogen and oxygen atoms in total. The Bertz CT molecular complexity index is 141. The van der Waals surface area contributed by atoms with Crippen LogP contribution in [-0.2, 0) is 21.7 Å². The van der Waals surface area contributed by atoms with Gasteiger partial charge in [-0.2, -0.15) is 22.7 Å². The predicted octanol–water partition coefficient (Wildman–Crippen LogP) is 2.13. The third-order valence-corrected chi connectivity index (χ3v) is 2.24. The molecule has 1 atom stereocenters. The van der Waals surface area contributed by atoms with Gasteiger partial charge in [-0.1, -0.05) is 13.8 Å². The van der Waals surface area contributed by atoms with E-state index >= 15 is 0 Å². The molecular weight excluding hydrogens is 151 g/mol. The molecule has 2 heteroatoms. The predicted molar refractivity (Wildman–Crippen MR) is 34.3 cm³/mol. The standard InChI is InChI=1S/C6H8P.Ti/c1-5-3-7-4-6(5)2;/h3,7H,1-2H3;/q-1;. The largest absolute Gasteiger partial charge is 0.271 e. The van der Waals surface area contributed by atoms with Crippen LogP contribution in [0, 0.1) is 19.6 Å². The van der Waals surface area contributed by atoms with Gasteiger partial charge in [0, 0.05) is 21.7 Å². The molecule has 0 N–H and O–H groups in total. The van der Waals surface area contributed by atoms with Crippen LogP contribution in [0.2, 0.25) is 0 Å². The normalized spacial score (nSPS) is 9.25. The van der Waals surface area contributed by atoms with Crippen LogP contribution in [0.5, 0.6) is 0 Å². The van der Waals surface area contributed by atoms with Crippen molar-refractivity contribution in [3.8, 4) is 0 Å². The average molecular weight is 159 g/mol. The van der Waals surface area contributed by atoms with Gasteiger partial charge in [-0.15, -0.1) is 0 Å². The summed E-state index contributed by atoms with van der Waals surface area (Å²) in [5.41, 5.74) is 2.73. The van der Waals surface area contributed by atoms with Crippen molar-refractivity contribution in [1.29, 1.82) is 0 Å². The van der Waals surface area contributed by atoms with Crippen molar-refractivity contribution >= 4 is 8.19 Å². The molecule has 8 heavy (non-hydrogen) atoms. The zero-order valence-electron chi connectivity index (χ0n) is 5.08. The van der Waals surface area contributed by atoms with E-state index in [0.717, 1.165) is 8.19 Å². The third kappa shape index (κ3) is 1.78. The van der Waals surface area contributed by atoms with Crippen molar-refractivity contribution in [2.45, 2.75) is 13.8 Å². The quantitative estimate of drug-likeness (QED) is 0.401. The fourth-order valence-corrected chi connectivity index (χ4v) is 1.38. The van der Waals surface area contributed by atoms with Gasteiger partial charge in [-0.25, -0.2) is 0 Å². The number of hydrogen-bond acceptors (Lipinski definition) is 0. The smallest absolute Gasteiger partial charge is 0 e. The zero-order valence-corrected chi connectivity index (χ0v) is 7.64. The summed E-state index contributed by atoms with van der Waals surface area (Å²) >= 11 is 0. The monoisotopic (exact) mass is 159 g/mol. The van der Waals surface area contributed by atoms with Crippen LogP contribution in [0.4, 0.5) is 0 Å². The maximum Gasteiger partial charge on any atom is 0 e. The molecule has 0 aliphatic rings. The van der Waals surface area contributed by atoms with E-state index in [1.165, 1.54) is 11.1 Å². The Morgan fingerprint density at radius 1 is 1.50 bits per heavy atom. The minimum Gasteiger partial charge on any atom is -0.271 e. The van der Waals surface area contributed by atoms with Crippen LogP contribution >= 0.6 is 8.19 Å². The number of aryl methyl sites for hydroxylation is 2. The second-order valence-electron chi connectivity index (χ2n) is 1.72. The molecule has 1 aromatic rings. The average Bonchev–Trinajstić information content (AvgIpc) is 1.91. The van der Waals surface area contributed by atoms with Gasteiger partial charge in [0.1, 0.15) is 0 Å². The molecule has 0 spiro atoms. The summed E-state index contributed by atoms with van der Waals surface area (Å²) in [6.45, 7) is 4.23. The molecule has 1 aromatic heterocycles. The first-order valence-corrected chi connectivity index (χ1v) is 3.40. The summed E-state index contributed by atoms with van der Waals surface area (Å²) in [7, 11) is 0.820. The van der Waals surface area contributed by atoms with Gasteiger partial charge >= 0.3 is 0 Å². The van der Waals surface area contributed by atoms with Crippen molar-refractivity contribution in [3.63, 3.8) is 0 Å². The van der Waals surface area contributed by atoms with Gasteiger partial charge < -0.3 is 0 Å². The van der Waals surface area contributed by atoms with Gasteiger partial charge in [0.05, 0.1) is 0 Å². The molecule has 0 radical (unpaired) electrons. The van der Waals surface area contributed by atoms with Crippen molar-refractivity contribution in [2.75, 3.05) is 0 Å². The fraction of sp³-hybridized carbons (Fsp3) is 0.333. The molecule has 42 valence electrons. The molecule has 1 unspecified atom stereocenters. The molecule has 0 aliphatic heterocycles. The van der Waals surface area contributed by atoms with Crippen molar-refractivity contribution < 1.29 is 21.7 Å². The Kier molecular flexibility index (Phi) is 3.72. The molecule has 0 fully saturated rings. The Labute approximate surface area is 66.7 Å². The zero-order chi connectivity index (χ0) is 5.28. The van der Waals surface area contributed by atoms with Gasteiger partial charge in [0.2, 0.25) is 0 Å². The summed E-state index contributed by atoms with van der Waals surface area (Å²) in [5, 5.41) is 0. The van der Waals surface area contributed by atoms with Crippen LogP contribution in [-0.4, -0.2) is 0 Å². The van der Waals surface area contributed by atoms with E-state index in [-0.39, 0.29) is 21.7 Å². The first kappa shape index (κ1) is 8.49. The fourth-order valence-electron chi connectivity index (χ4n) is 0.459. The Morgan fingerprint density at radius 2 is 2.12 bits per heavy atom. The van der Waals surface area contributed by atoms with E-state index in [4.69, 9.17) is 0 Å². The second kappa shape index (κ2) is 3.51. The van der Waals surface area contributed by atoms with Crippen LogP contribution < -0.4 is 0 Å². The van der Waals surface area contributed by atoms with Gasteiger partial charge in [0.25, 0.3) is 0 Å². The summed E-state index contributed by atoms with van der Waals surface area (Å²) in [4.78, 5) is 0. The van der Waals surface area contributed by atoms with Gasteiger partial charge in [0.15, 0.2) is 0 Å². The van der Waals surface area contributed by atoms with Crippen LogP contribution in [0.3, 0.4) is 0 Å². The molecule has 0 saturated carbocycles. The molecule has 1 heterocycles. The second-order valence-corrected chi connectivity index (χ2v) is 2.55. The number of rotatable bonds is 0. The molecule has 0 aromatic carbocycles. The maximum absolute atomic E-state index is 3.22. The van der Waals surface area contributed by atoms with Crippen LogP contribution in [0.25, 0.3) is 0 Å². The van der Waals surface area contributed by atoms with Crippen LogP contribution in [0.15, 0.2) is 5.80 Å². The van der Waals surface area contributed by atoms with E-state index in [9.17, 15) is 0 Å². The van der Waals surface area contributed by atoms with Crippen molar-refractivity contribution in [3.05, 3.63) is 22.7 Å². The minimum absolute atomic E-state index is 0. The topological polar surface area (TPSA) is 0 Å². The van der Waals surface area contributed by atoms with Crippen LogP contribution in [0.1, 0.15) is 11.1 Å². The summed E-state index contributed by atoms with van der Waals surface area (Å²) in [6, 6.07) is 0. The maximum atomic E-state index is 3.22. The Morgan fingerprint density at radius 3 is 2.25 bits per heavy atom. The van der Waals surface area contributed by atoms with E-state index in [1.807, 2.05) is 0 Å². The van der Waals surface area contributed by atoms with Crippen molar-refractivity contribution in [1.82, 2.24) is 0 Å². The van der Waals surface area contributed by atoms with Crippen molar-refractivity contribution in [2.24, 2.45) is 0 Å². The molecule has 0 bridgehead atoms. The molecule has 0 amide bonds. The first-order valence-electron chi connectivity index (χ1n) is 2.33. The van der Waals surface area contributed by atoms with Gasteiger partial charge in [-0.05, 0) is 0 Å². The molecule has 1 rings (SSSR count).